The smallest absolute Gasteiger partial charge is 0.326 e. The lowest BCUT2D eigenvalue weighted by Gasteiger charge is -2.28. The van der Waals surface area contributed by atoms with Gasteiger partial charge in [0.2, 0.25) is 53.2 Å². The maximum absolute atomic E-state index is 14.3. The van der Waals surface area contributed by atoms with Crippen LogP contribution in [0.1, 0.15) is 84.6 Å². The van der Waals surface area contributed by atoms with Crippen LogP contribution in [0.25, 0.3) is 0 Å². The summed E-state index contributed by atoms with van der Waals surface area (Å²) in [4.78, 5) is 146. The normalized spacial score (nSPS) is 14.6. The van der Waals surface area contributed by atoms with E-state index in [1.165, 1.54) is 35.3 Å². The molecule has 28 heteroatoms. The van der Waals surface area contributed by atoms with Crippen molar-refractivity contribution in [3.05, 3.63) is 35.9 Å². The second-order valence-electron chi connectivity index (χ2n) is 19.1. The van der Waals surface area contributed by atoms with Gasteiger partial charge in [-0.2, -0.15) is 35.3 Å². The van der Waals surface area contributed by atoms with Crippen molar-refractivity contribution in [2.75, 3.05) is 55.7 Å². The zero-order valence-electron chi connectivity index (χ0n) is 45.6. The fourth-order valence-corrected chi connectivity index (χ4v) is 8.86. The van der Waals surface area contributed by atoms with Gasteiger partial charge in [-0.15, -0.1) is 0 Å². The van der Waals surface area contributed by atoms with Gasteiger partial charge in [0.1, 0.15) is 48.3 Å². The third kappa shape index (κ3) is 27.8. The Labute approximate surface area is 469 Å². The molecule has 0 saturated heterocycles. The van der Waals surface area contributed by atoms with Gasteiger partial charge in [-0.1, -0.05) is 58.0 Å². The van der Waals surface area contributed by atoms with Crippen LogP contribution >= 0.6 is 35.3 Å². The third-order valence-corrected chi connectivity index (χ3v) is 13.7. The molecule has 0 fully saturated rings. The van der Waals surface area contributed by atoms with E-state index in [4.69, 9.17) is 11.5 Å². The van der Waals surface area contributed by atoms with E-state index in [1.54, 1.807) is 70.5 Å². The van der Waals surface area contributed by atoms with Crippen molar-refractivity contribution < 1.29 is 68.1 Å². The average Bonchev–Trinajstić information content (AvgIpc) is 3.38. The molecule has 1 rings (SSSR count). The topological polar surface area (TPSA) is 409 Å². The Kier molecular flexibility index (Phi) is 35.0. The van der Waals surface area contributed by atoms with Crippen LogP contribution < -0.4 is 59.3 Å². The van der Waals surface area contributed by atoms with Gasteiger partial charge < -0.3 is 74.6 Å². The summed E-state index contributed by atoms with van der Waals surface area (Å²) in [6.07, 6.45) is 5.78. The maximum atomic E-state index is 14.3. The molecule has 1 aromatic carbocycles. The molecule has 16 N–H and O–H groups in total. The van der Waals surface area contributed by atoms with Gasteiger partial charge in [-0.25, -0.2) is 4.79 Å². The monoisotopic (exact) mass is 1160 g/mol. The van der Waals surface area contributed by atoms with Crippen LogP contribution in [0, 0.1) is 11.8 Å². The lowest BCUT2D eigenvalue weighted by atomic mass is 10.00. The van der Waals surface area contributed by atoms with Crippen LogP contribution in [0.5, 0.6) is 0 Å². The zero-order valence-corrected chi connectivity index (χ0v) is 48.0. The number of carboxylic acid groups (broad SMARTS) is 2. The number of carbonyl (C=O) groups is 11. The molecule has 440 valence electrons. The number of amides is 9. The number of unbranched alkanes of at least 4 members (excludes halogenated alkanes) is 1. The predicted octanol–water partition coefficient (Wildman–Crippen LogP) is -1.81. The number of carbonyl (C=O) groups excluding carboxylic acids is 9. The minimum atomic E-state index is -1.60. The molecule has 1 aromatic rings. The van der Waals surface area contributed by atoms with E-state index in [0.717, 1.165) is 0 Å². The van der Waals surface area contributed by atoms with Crippen molar-refractivity contribution in [1.82, 2.24) is 47.9 Å². The summed E-state index contributed by atoms with van der Waals surface area (Å²) in [5.41, 5.74) is 12.3. The van der Waals surface area contributed by atoms with Gasteiger partial charge in [0.15, 0.2) is 0 Å². The Bertz CT molecular complexity index is 2110. The largest absolute Gasteiger partial charge is 0.481 e. The summed E-state index contributed by atoms with van der Waals surface area (Å²) >= 11 is 4.17. The molecule has 0 saturated carbocycles. The van der Waals surface area contributed by atoms with Gasteiger partial charge in [-0.05, 0) is 105 Å². The number of nitrogens with two attached hydrogens (primary N) is 2. The van der Waals surface area contributed by atoms with Crippen molar-refractivity contribution >= 4 is 100 Å². The first-order valence-corrected chi connectivity index (χ1v) is 29.8. The molecule has 0 bridgehead atoms. The number of hydrogen-bond acceptors (Lipinski definition) is 17. The van der Waals surface area contributed by atoms with E-state index in [9.17, 15) is 68.1 Å². The van der Waals surface area contributed by atoms with Crippen molar-refractivity contribution in [3.8, 4) is 0 Å². The first-order valence-electron chi connectivity index (χ1n) is 25.6. The highest BCUT2D eigenvalue weighted by atomic mass is 32.2. The summed E-state index contributed by atoms with van der Waals surface area (Å²) in [5.74, 6) is -9.80. The summed E-state index contributed by atoms with van der Waals surface area (Å²) in [5, 5.41) is 51.7. The van der Waals surface area contributed by atoms with Crippen LogP contribution in [0.3, 0.4) is 0 Å². The van der Waals surface area contributed by atoms with Gasteiger partial charge >= 0.3 is 11.9 Å². The van der Waals surface area contributed by atoms with Crippen LogP contribution in [0.4, 0.5) is 0 Å². The number of aliphatic carboxylic acids is 2. The molecular weight excluding hydrogens is 1070 g/mol. The molecule has 9 amide bonds. The second kappa shape index (κ2) is 38.8. The number of benzene rings is 1. The number of hydrogen-bond donors (Lipinski definition) is 14. The SMILES string of the molecule is CSCC[C@H](NC(=O)[C@H](CO)NC(=O)[C@H](CC(C)C)NC(=O)CNC(=O)[C@H](CCCCN)NC(=O)[C@H](CCSC)NC(=O)[C@H](Cc1ccccc1)NC(=O)[C@@H](NC(=O)[C@H](CC(=O)O)NC(=O)[C@@H](N)CCSC)C(C)C)C(=O)O. The van der Waals surface area contributed by atoms with Gasteiger partial charge in [0.25, 0.3) is 0 Å². The van der Waals surface area contributed by atoms with Gasteiger partial charge in [0, 0.05) is 6.42 Å². The molecule has 78 heavy (non-hydrogen) atoms. The number of carboxylic acids is 2. The van der Waals surface area contributed by atoms with Crippen LogP contribution in [-0.4, -0.2) is 191 Å². The summed E-state index contributed by atoms with van der Waals surface area (Å²) < 4.78 is 0. The predicted molar refractivity (Wildman–Crippen MR) is 300 cm³/mol. The molecule has 0 aliphatic heterocycles. The Balaban J connectivity index is 3.37. The summed E-state index contributed by atoms with van der Waals surface area (Å²) in [7, 11) is 0. The number of aliphatic hydroxyl groups is 1. The molecule has 0 unspecified atom stereocenters. The number of nitrogens with one attached hydrogen (secondary N) is 9. The highest BCUT2D eigenvalue weighted by Gasteiger charge is 2.36. The number of rotatable bonds is 40. The average molecular weight is 1160 g/mol. The molecule has 0 radical (unpaired) electrons. The maximum Gasteiger partial charge on any atom is 0.326 e. The van der Waals surface area contributed by atoms with E-state index in [0.29, 0.717) is 35.7 Å². The highest BCUT2D eigenvalue weighted by molar-refractivity contribution is 7.98. The second-order valence-corrected chi connectivity index (χ2v) is 22.1. The first-order chi connectivity index (χ1) is 36.9. The third-order valence-electron chi connectivity index (χ3n) is 11.8. The summed E-state index contributed by atoms with van der Waals surface area (Å²) in [6, 6.07) is -3.37. The van der Waals surface area contributed by atoms with E-state index in [2.05, 4.69) is 47.9 Å². The molecule has 0 heterocycles. The van der Waals surface area contributed by atoms with E-state index >= 15 is 0 Å². The Hall–Kier alpha value is -5.68. The standard InChI is InChI=1S/C50H83N11O14S3/c1-28(2)23-35(45(69)60-38(27-62)48(72)57-34(50(74)75)18-22-78-7)54-39(63)26-53-43(67)32(15-11-12-19-51)55-44(68)33(17-21-77-6)56-46(70)36(24-30-13-9-8-10-14-30)59-49(73)41(29(3)4)61-47(71)37(25-40(64)65)58-42(66)31(52)16-20-76-5/h8-10,13-14,28-29,31-38,41,62H,11-12,15-27,51-52H2,1-7H3,(H,53,67)(H,54,63)(H,55,68)(H,56,70)(H,57,72)(H,58,66)(H,59,73)(H,60,69)(H,61,71)(H,64,65)(H,74,75)/t31-,32-,33-,34-,35-,36-,37-,38-,41-/m0/s1. The molecule has 0 aromatic heterocycles. The van der Waals surface area contributed by atoms with Crippen molar-refractivity contribution in [2.45, 2.75) is 140 Å². The summed E-state index contributed by atoms with van der Waals surface area (Å²) in [6.45, 7) is 5.45. The minimum Gasteiger partial charge on any atom is -0.481 e. The number of aliphatic hydroxyl groups excluding tert-OH is 1. The Morgan fingerprint density at radius 1 is 0.538 bits per heavy atom. The Morgan fingerprint density at radius 3 is 1.56 bits per heavy atom. The Morgan fingerprint density at radius 2 is 1.03 bits per heavy atom. The quantitative estimate of drug-likeness (QED) is 0.0322. The van der Waals surface area contributed by atoms with Gasteiger partial charge in [-0.3, -0.25) is 47.9 Å². The molecular formula is C50H83N11O14S3. The fraction of sp³-hybridized carbons (Fsp3) is 0.660. The molecule has 0 spiro atoms. The molecule has 0 aliphatic carbocycles. The van der Waals surface area contributed by atoms with E-state index in [-0.39, 0.29) is 51.0 Å². The van der Waals surface area contributed by atoms with Crippen molar-refractivity contribution in [2.24, 2.45) is 23.3 Å². The van der Waals surface area contributed by atoms with E-state index in [1.807, 2.05) is 6.26 Å². The van der Waals surface area contributed by atoms with Crippen molar-refractivity contribution in [3.63, 3.8) is 0 Å². The van der Waals surface area contributed by atoms with Crippen molar-refractivity contribution in [1.29, 1.82) is 0 Å². The van der Waals surface area contributed by atoms with Gasteiger partial charge in [0.05, 0.1) is 25.6 Å². The zero-order chi connectivity index (χ0) is 58.9. The first kappa shape index (κ1) is 70.3. The minimum absolute atomic E-state index is 0.0550. The molecule has 0 aliphatic rings. The van der Waals surface area contributed by atoms with Crippen LogP contribution in [0.15, 0.2) is 30.3 Å². The number of thioether (sulfide) groups is 3. The van der Waals surface area contributed by atoms with E-state index < -0.39 is 145 Å². The lowest BCUT2D eigenvalue weighted by Crippen LogP contribution is -2.61. The van der Waals surface area contributed by atoms with Crippen LogP contribution in [-0.2, 0) is 59.2 Å². The lowest BCUT2D eigenvalue weighted by molar-refractivity contribution is -0.142. The molecule has 25 nitrogen and oxygen atoms in total. The molecule has 9 atom stereocenters. The van der Waals surface area contributed by atoms with Crippen LogP contribution in [0.2, 0.25) is 0 Å². The fourth-order valence-electron chi connectivity index (χ4n) is 7.43. The highest BCUT2D eigenvalue weighted by Crippen LogP contribution is 2.12.